The highest BCUT2D eigenvalue weighted by molar-refractivity contribution is 6.21. The molecule has 0 N–H and O–H groups in total. The molecule has 2 aromatic rings. The summed E-state index contributed by atoms with van der Waals surface area (Å²) in [4.78, 5) is 4.03. The zero-order valence-corrected chi connectivity index (χ0v) is 12.6. The van der Waals surface area contributed by atoms with Crippen LogP contribution in [-0.2, 0) is 0 Å². The van der Waals surface area contributed by atoms with E-state index in [-0.39, 0.29) is 11.3 Å². The van der Waals surface area contributed by atoms with Gasteiger partial charge in [0.05, 0.1) is 19.6 Å². The summed E-state index contributed by atoms with van der Waals surface area (Å²) in [6.07, 6.45) is 3.56. The quantitative estimate of drug-likeness (QED) is 0.774. The van der Waals surface area contributed by atoms with Gasteiger partial charge in [0.25, 0.3) is 0 Å². The van der Waals surface area contributed by atoms with Crippen molar-refractivity contribution in [3.05, 3.63) is 53.9 Å². The average Bonchev–Trinajstić information content (AvgIpc) is 2.53. The molecule has 0 amide bonds. The lowest BCUT2D eigenvalue weighted by atomic mass is 9.93. The largest absolute Gasteiger partial charge is 0.497 e. The lowest BCUT2D eigenvalue weighted by molar-refractivity contribution is 0.393. The van der Waals surface area contributed by atoms with Crippen LogP contribution in [0.25, 0.3) is 0 Å². The van der Waals surface area contributed by atoms with Gasteiger partial charge < -0.3 is 9.47 Å². The highest BCUT2D eigenvalue weighted by Gasteiger charge is 2.20. The summed E-state index contributed by atoms with van der Waals surface area (Å²) < 4.78 is 10.6. The number of methoxy groups -OCH3 is 2. The summed E-state index contributed by atoms with van der Waals surface area (Å²) in [6, 6.07) is 9.69. The van der Waals surface area contributed by atoms with E-state index in [0.717, 1.165) is 22.6 Å². The van der Waals surface area contributed by atoms with Crippen LogP contribution in [0.3, 0.4) is 0 Å². The number of hydrogen-bond acceptors (Lipinski definition) is 3. The van der Waals surface area contributed by atoms with Gasteiger partial charge in [-0.3, -0.25) is 4.98 Å². The maximum absolute atomic E-state index is 6.62. The average molecular weight is 292 g/mol. The standard InChI is InChI=1S/C16H18ClNO2/c1-11(12-4-6-18-7-5-12)16(17)13-8-14(19-2)10-15(9-13)20-3/h4-11,16H,1-3H3. The molecule has 0 aliphatic heterocycles. The maximum Gasteiger partial charge on any atom is 0.122 e. The Morgan fingerprint density at radius 1 is 0.950 bits per heavy atom. The summed E-state index contributed by atoms with van der Waals surface area (Å²) in [5.41, 5.74) is 2.13. The third-order valence-electron chi connectivity index (χ3n) is 3.36. The van der Waals surface area contributed by atoms with Gasteiger partial charge in [-0.05, 0) is 35.4 Å². The van der Waals surface area contributed by atoms with Crippen molar-refractivity contribution in [2.45, 2.75) is 18.2 Å². The van der Waals surface area contributed by atoms with Gasteiger partial charge in [0.1, 0.15) is 11.5 Å². The first-order valence-corrected chi connectivity index (χ1v) is 6.86. The van der Waals surface area contributed by atoms with Crippen molar-refractivity contribution in [1.29, 1.82) is 0 Å². The van der Waals surface area contributed by atoms with E-state index in [1.807, 2.05) is 30.3 Å². The third-order valence-corrected chi connectivity index (χ3v) is 3.99. The van der Waals surface area contributed by atoms with Crippen LogP contribution in [0.4, 0.5) is 0 Å². The Balaban J connectivity index is 2.30. The zero-order chi connectivity index (χ0) is 14.5. The molecule has 1 heterocycles. The Morgan fingerprint density at radius 3 is 2.00 bits per heavy atom. The minimum absolute atomic E-state index is 0.163. The van der Waals surface area contributed by atoms with Crippen molar-refractivity contribution >= 4 is 11.6 Å². The summed E-state index contributed by atoms with van der Waals surface area (Å²) in [7, 11) is 3.27. The SMILES string of the molecule is COc1cc(OC)cc(C(Cl)C(C)c2ccncc2)c1. The van der Waals surface area contributed by atoms with E-state index in [0.29, 0.717) is 0 Å². The van der Waals surface area contributed by atoms with Crippen molar-refractivity contribution in [2.75, 3.05) is 14.2 Å². The molecule has 20 heavy (non-hydrogen) atoms. The molecule has 4 heteroatoms. The van der Waals surface area contributed by atoms with E-state index in [1.54, 1.807) is 26.6 Å². The van der Waals surface area contributed by atoms with Crippen LogP contribution in [0, 0.1) is 0 Å². The first-order chi connectivity index (χ1) is 9.65. The molecule has 3 nitrogen and oxygen atoms in total. The number of halogens is 1. The number of benzene rings is 1. The zero-order valence-electron chi connectivity index (χ0n) is 11.8. The van der Waals surface area contributed by atoms with Crippen molar-refractivity contribution in [3.8, 4) is 11.5 Å². The normalized spacial score (nSPS) is 13.6. The van der Waals surface area contributed by atoms with Gasteiger partial charge in [-0.2, -0.15) is 0 Å². The topological polar surface area (TPSA) is 31.4 Å². The second kappa shape index (κ2) is 6.62. The Labute approximate surface area is 124 Å². The van der Waals surface area contributed by atoms with Gasteiger partial charge in [0, 0.05) is 24.4 Å². The summed E-state index contributed by atoms with van der Waals surface area (Å²) >= 11 is 6.62. The molecule has 0 spiro atoms. The molecular weight excluding hydrogens is 274 g/mol. The fourth-order valence-corrected chi connectivity index (χ4v) is 2.38. The fourth-order valence-electron chi connectivity index (χ4n) is 2.11. The van der Waals surface area contributed by atoms with Gasteiger partial charge >= 0.3 is 0 Å². The monoisotopic (exact) mass is 291 g/mol. The number of pyridine rings is 1. The van der Waals surface area contributed by atoms with Crippen LogP contribution in [0.1, 0.15) is 29.3 Å². The molecule has 2 atom stereocenters. The van der Waals surface area contributed by atoms with Crippen molar-refractivity contribution in [2.24, 2.45) is 0 Å². The minimum atomic E-state index is -0.165. The van der Waals surface area contributed by atoms with Gasteiger partial charge in [-0.25, -0.2) is 0 Å². The Morgan fingerprint density at radius 2 is 1.50 bits per heavy atom. The van der Waals surface area contributed by atoms with Gasteiger partial charge in [0.2, 0.25) is 0 Å². The predicted molar refractivity (Wildman–Crippen MR) is 80.8 cm³/mol. The lowest BCUT2D eigenvalue weighted by Crippen LogP contribution is -2.03. The second-order valence-corrected chi connectivity index (χ2v) is 5.09. The number of alkyl halides is 1. The van der Waals surface area contributed by atoms with Crippen LogP contribution in [0.15, 0.2) is 42.7 Å². The molecule has 2 rings (SSSR count). The van der Waals surface area contributed by atoms with Gasteiger partial charge in [-0.1, -0.05) is 6.92 Å². The van der Waals surface area contributed by atoms with Crippen LogP contribution in [0.5, 0.6) is 11.5 Å². The van der Waals surface area contributed by atoms with E-state index in [1.165, 1.54) is 0 Å². The smallest absolute Gasteiger partial charge is 0.122 e. The molecular formula is C16H18ClNO2. The number of nitrogens with zero attached hydrogens (tertiary/aromatic N) is 1. The van der Waals surface area contributed by atoms with Gasteiger partial charge in [0.15, 0.2) is 0 Å². The molecule has 1 aromatic carbocycles. The minimum Gasteiger partial charge on any atom is -0.497 e. The summed E-state index contributed by atoms with van der Waals surface area (Å²) in [5.74, 6) is 1.65. The Bertz CT molecular complexity index is 537. The molecule has 0 bridgehead atoms. The molecule has 0 aliphatic rings. The summed E-state index contributed by atoms with van der Waals surface area (Å²) in [5, 5.41) is -0.165. The molecule has 0 radical (unpaired) electrons. The molecule has 106 valence electrons. The van der Waals surface area contributed by atoms with E-state index in [2.05, 4.69) is 11.9 Å². The van der Waals surface area contributed by atoms with E-state index in [9.17, 15) is 0 Å². The molecule has 1 aromatic heterocycles. The van der Waals surface area contributed by atoms with Crippen LogP contribution >= 0.6 is 11.6 Å². The molecule has 0 fully saturated rings. The van der Waals surface area contributed by atoms with Crippen molar-refractivity contribution in [1.82, 2.24) is 4.98 Å². The first kappa shape index (κ1) is 14.7. The Hall–Kier alpha value is -1.74. The fraction of sp³-hybridized carbons (Fsp3) is 0.312. The number of ether oxygens (including phenoxy) is 2. The van der Waals surface area contributed by atoms with Crippen molar-refractivity contribution in [3.63, 3.8) is 0 Å². The van der Waals surface area contributed by atoms with Crippen LogP contribution in [-0.4, -0.2) is 19.2 Å². The van der Waals surface area contributed by atoms with E-state index in [4.69, 9.17) is 21.1 Å². The molecule has 0 saturated carbocycles. The lowest BCUT2D eigenvalue weighted by Gasteiger charge is -2.20. The number of aromatic nitrogens is 1. The van der Waals surface area contributed by atoms with E-state index >= 15 is 0 Å². The Kier molecular flexibility index (Phi) is 4.85. The van der Waals surface area contributed by atoms with Crippen molar-refractivity contribution < 1.29 is 9.47 Å². The first-order valence-electron chi connectivity index (χ1n) is 6.42. The maximum atomic E-state index is 6.62. The molecule has 0 saturated heterocycles. The van der Waals surface area contributed by atoms with Gasteiger partial charge in [-0.15, -0.1) is 11.6 Å². The summed E-state index contributed by atoms with van der Waals surface area (Å²) in [6.45, 7) is 2.10. The highest BCUT2D eigenvalue weighted by Crippen LogP contribution is 2.38. The molecule has 2 unspecified atom stereocenters. The van der Waals surface area contributed by atoms with E-state index < -0.39 is 0 Å². The second-order valence-electron chi connectivity index (χ2n) is 4.62. The highest BCUT2D eigenvalue weighted by atomic mass is 35.5. The predicted octanol–water partition coefficient (Wildman–Crippen LogP) is 4.18. The van der Waals surface area contributed by atoms with Crippen LogP contribution in [0.2, 0.25) is 0 Å². The third kappa shape index (κ3) is 3.23. The van der Waals surface area contributed by atoms with Crippen LogP contribution < -0.4 is 9.47 Å². The number of hydrogen-bond donors (Lipinski definition) is 0. The number of rotatable bonds is 5. The molecule has 0 aliphatic carbocycles.